The fourth-order valence-electron chi connectivity index (χ4n) is 3.21. The Labute approximate surface area is 134 Å². The average Bonchev–Trinajstić information content (AvgIpc) is 2.68. The quantitative estimate of drug-likeness (QED) is 0.413. The van der Waals surface area contributed by atoms with Gasteiger partial charge in [0.25, 0.3) is 0 Å². The Morgan fingerprint density at radius 3 is 3.05 bits per heavy atom. The number of alkyl halides is 1. The lowest BCUT2D eigenvalue weighted by atomic mass is 9.93. The molecule has 0 spiro atoms. The van der Waals surface area contributed by atoms with Crippen LogP contribution < -0.4 is 5.32 Å². The molecule has 1 aromatic heterocycles. The number of likely N-dealkylation sites (N-methyl/N-ethyl adjacent to an activating group) is 1. The van der Waals surface area contributed by atoms with E-state index >= 15 is 0 Å². The molecule has 108 valence electrons. The number of nitrogens with one attached hydrogen (secondary N) is 1. The van der Waals surface area contributed by atoms with Crippen LogP contribution in [0.4, 0.5) is 8.78 Å². The molecular formula is C15H12F2IN3. The molecule has 2 unspecified atom stereocenters. The van der Waals surface area contributed by atoms with Gasteiger partial charge >= 0.3 is 0 Å². The molecule has 21 heavy (non-hydrogen) atoms. The third kappa shape index (κ3) is 1.91. The van der Waals surface area contributed by atoms with Crippen LogP contribution in [-0.2, 0) is 0 Å². The fourth-order valence-corrected chi connectivity index (χ4v) is 4.00. The molecule has 1 aromatic rings. The Morgan fingerprint density at radius 1 is 1.43 bits per heavy atom. The van der Waals surface area contributed by atoms with Crippen LogP contribution in [0, 0.1) is 5.82 Å². The Hall–Kier alpha value is -1.44. The number of hydrogen-bond donors (Lipinski definition) is 1. The monoisotopic (exact) mass is 399 g/mol. The average molecular weight is 399 g/mol. The highest BCUT2D eigenvalue weighted by molar-refractivity contribution is 14.1. The van der Waals surface area contributed by atoms with Crippen molar-refractivity contribution < 1.29 is 8.78 Å². The number of aromatic nitrogens is 1. The minimum absolute atomic E-state index is 0.208. The molecule has 2 aliphatic heterocycles. The number of hydrogen-bond acceptors (Lipinski definition) is 3. The first-order valence-corrected chi connectivity index (χ1v) is 7.91. The van der Waals surface area contributed by atoms with Crippen molar-refractivity contribution in [3.63, 3.8) is 0 Å². The van der Waals surface area contributed by atoms with Crippen molar-refractivity contribution in [2.45, 2.75) is 16.5 Å². The lowest BCUT2D eigenvalue weighted by Gasteiger charge is -2.33. The van der Waals surface area contributed by atoms with Crippen molar-refractivity contribution in [2.24, 2.45) is 0 Å². The zero-order valence-electron chi connectivity index (χ0n) is 11.2. The largest absolute Gasteiger partial charge is 0.373 e. The lowest BCUT2D eigenvalue weighted by Crippen LogP contribution is -2.39. The van der Waals surface area contributed by atoms with Crippen molar-refractivity contribution in [1.82, 2.24) is 15.2 Å². The molecule has 0 amide bonds. The highest BCUT2D eigenvalue weighted by Crippen LogP contribution is 2.43. The minimum atomic E-state index is -0.528. The molecule has 0 saturated heterocycles. The Morgan fingerprint density at radius 2 is 2.24 bits per heavy atom. The highest BCUT2D eigenvalue weighted by atomic mass is 127. The van der Waals surface area contributed by atoms with Crippen LogP contribution in [0.2, 0.25) is 0 Å². The molecule has 1 aliphatic carbocycles. The van der Waals surface area contributed by atoms with Crippen LogP contribution in [0.15, 0.2) is 35.7 Å². The maximum absolute atomic E-state index is 14.5. The predicted octanol–water partition coefficient (Wildman–Crippen LogP) is 3.21. The third-order valence-electron chi connectivity index (χ3n) is 4.11. The first-order valence-electron chi connectivity index (χ1n) is 6.67. The van der Waals surface area contributed by atoms with Gasteiger partial charge in [0.2, 0.25) is 0 Å². The number of rotatable bonds is 0. The molecule has 3 aliphatic rings. The van der Waals surface area contributed by atoms with Crippen LogP contribution in [0.1, 0.15) is 17.7 Å². The summed E-state index contributed by atoms with van der Waals surface area (Å²) >= 11 is 2.33. The van der Waals surface area contributed by atoms with Gasteiger partial charge in [-0.15, -0.1) is 0 Å². The lowest BCUT2D eigenvalue weighted by molar-refractivity contribution is 0.361. The SMILES string of the molecule is CN1C=C2C=C(F)c3cc(F)cnc3C3=C2C1CC(I)N3. The van der Waals surface area contributed by atoms with Gasteiger partial charge in [-0.1, -0.05) is 22.6 Å². The molecular weight excluding hydrogens is 387 g/mol. The van der Waals surface area contributed by atoms with Gasteiger partial charge in [0.15, 0.2) is 0 Å². The topological polar surface area (TPSA) is 28.2 Å². The second-order valence-electron chi connectivity index (χ2n) is 5.44. The van der Waals surface area contributed by atoms with Crippen LogP contribution >= 0.6 is 22.6 Å². The number of fused-ring (bicyclic) bond motifs is 2. The third-order valence-corrected chi connectivity index (χ3v) is 4.93. The molecule has 0 bridgehead atoms. The molecule has 0 radical (unpaired) electrons. The number of allylic oxidation sites excluding steroid dienone is 1. The van der Waals surface area contributed by atoms with E-state index in [0.29, 0.717) is 5.69 Å². The van der Waals surface area contributed by atoms with E-state index < -0.39 is 11.6 Å². The summed E-state index contributed by atoms with van der Waals surface area (Å²) in [7, 11) is 2.00. The van der Waals surface area contributed by atoms with E-state index in [1.165, 1.54) is 12.1 Å². The van der Waals surface area contributed by atoms with Gasteiger partial charge in [-0.2, -0.15) is 0 Å². The van der Waals surface area contributed by atoms with Crippen molar-refractivity contribution in [2.75, 3.05) is 7.05 Å². The predicted molar refractivity (Wildman–Crippen MR) is 85.4 cm³/mol. The number of halogens is 3. The van der Waals surface area contributed by atoms with E-state index in [1.807, 2.05) is 13.2 Å². The van der Waals surface area contributed by atoms with Gasteiger partial charge in [0.1, 0.15) is 11.6 Å². The smallest absolute Gasteiger partial charge is 0.142 e. The molecule has 0 saturated carbocycles. The molecule has 6 heteroatoms. The summed E-state index contributed by atoms with van der Waals surface area (Å²) in [4.78, 5) is 6.25. The van der Waals surface area contributed by atoms with Crippen molar-refractivity contribution >= 4 is 34.1 Å². The maximum atomic E-state index is 14.5. The molecule has 0 fully saturated rings. The van der Waals surface area contributed by atoms with Gasteiger partial charge in [-0.3, -0.25) is 4.98 Å². The van der Waals surface area contributed by atoms with Crippen LogP contribution in [0.25, 0.3) is 11.5 Å². The molecule has 1 N–H and O–H groups in total. The van der Waals surface area contributed by atoms with Crippen molar-refractivity contribution in [3.8, 4) is 0 Å². The van der Waals surface area contributed by atoms with E-state index in [2.05, 4.69) is 37.8 Å². The Balaban J connectivity index is 2.02. The first-order chi connectivity index (χ1) is 10.0. The van der Waals surface area contributed by atoms with E-state index in [4.69, 9.17) is 0 Å². The number of pyridine rings is 1. The summed E-state index contributed by atoms with van der Waals surface area (Å²) in [6.45, 7) is 0. The summed E-state index contributed by atoms with van der Waals surface area (Å²) in [5.74, 6) is -0.974. The Bertz CT molecular complexity index is 738. The van der Waals surface area contributed by atoms with Crippen molar-refractivity contribution in [3.05, 3.63) is 52.8 Å². The summed E-state index contributed by atoms with van der Waals surface area (Å²) in [5.41, 5.74) is 3.42. The van der Waals surface area contributed by atoms with Crippen molar-refractivity contribution in [1.29, 1.82) is 0 Å². The fraction of sp³-hybridized carbons (Fsp3) is 0.267. The van der Waals surface area contributed by atoms with Crippen LogP contribution in [0.5, 0.6) is 0 Å². The number of nitrogens with zero attached hydrogens (tertiary/aromatic N) is 2. The zero-order chi connectivity index (χ0) is 14.7. The van der Waals surface area contributed by atoms with Crippen LogP contribution in [0.3, 0.4) is 0 Å². The van der Waals surface area contributed by atoms with Gasteiger partial charge in [0, 0.05) is 36.4 Å². The first kappa shape index (κ1) is 13.2. The van der Waals surface area contributed by atoms with Gasteiger partial charge in [0.05, 0.1) is 27.7 Å². The van der Waals surface area contributed by atoms with Crippen LogP contribution in [-0.4, -0.2) is 27.0 Å². The second-order valence-corrected chi connectivity index (χ2v) is 6.95. The zero-order valence-corrected chi connectivity index (χ0v) is 13.4. The molecule has 4 rings (SSSR count). The van der Waals surface area contributed by atoms with E-state index in [1.54, 1.807) is 0 Å². The molecule has 3 heterocycles. The van der Waals surface area contributed by atoms with Gasteiger partial charge < -0.3 is 10.2 Å². The summed E-state index contributed by atoms with van der Waals surface area (Å²) in [6, 6.07) is 1.42. The molecule has 3 nitrogen and oxygen atoms in total. The van der Waals surface area contributed by atoms with E-state index in [0.717, 1.165) is 29.5 Å². The van der Waals surface area contributed by atoms with E-state index in [9.17, 15) is 8.78 Å². The second kappa shape index (κ2) is 4.53. The maximum Gasteiger partial charge on any atom is 0.142 e. The molecule has 0 aromatic carbocycles. The van der Waals surface area contributed by atoms with Gasteiger partial charge in [-0.05, 0) is 12.1 Å². The van der Waals surface area contributed by atoms with E-state index in [-0.39, 0.29) is 15.7 Å². The van der Waals surface area contributed by atoms with Gasteiger partial charge in [-0.25, -0.2) is 8.78 Å². The Kier molecular flexibility index (Phi) is 2.85. The summed E-state index contributed by atoms with van der Waals surface area (Å²) < 4.78 is 28.1. The summed E-state index contributed by atoms with van der Waals surface area (Å²) in [6.07, 6.45) is 5.49. The highest BCUT2D eigenvalue weighted by Gasteiger charge is 2.38. The molecule has 2 atom stereocenters. The minimum Gasteiger partial charge on any atom is -0.373 e. The summed E-state index contributed by atoms with van der Waals surface area (Å²) in [5, 5.41) is 3.39. The standard InChI is InChI=1S/C15H12F2IN3/c1-21-6-7-2-10(17)9-3-8(16)5-19-14(9)15-13(7)11(21)4-12(18)20-15/h2-3,5-6,11-12,20H,4H2,1H3. The normalized spacial score (nSPS) is 26.6.